The van der Waals surface area contributed by atoms with E-state index < -0.39 is 0 Å². The van der Waals surface area contributed by atoms with Crippen LogP contribution >= 0.6 is 24.8 Å². The molecule has 1 fully saturated rings. The van der Waals surface area contributed by atoms with E-state index in [9.17, 15) is 4.79 Å². The van der Waals surface area contributed by atoms with Crippen LogP contribution in [-0.2, 0) is 11.3 Å². The third-order valence-electron chi connectivity index (χ3n) is 5.00. The van der Waals surface area contributed by atoms with Crippen LogP contribution in [0.25, 0.3) is 10.9 Å². The maximum absolute atomic E-state index is 12.4. The molecule has 1 aliphatic rings. The monoisotopic (exact) mass is 436 g/mol. The number of nitrogen functional groups attached to an aromatic ring is 1. The van der Waals surface area contributed by atoms with Crippen LogP contribution in [0.3, 0.4) is 0 Å². The summed E-state index contributed by atoms with van der Waals surface area (Å²) in [7, 11) is 0. The van der Waals surface area contributed by atoms with E-state index in [-0.39, 0.29) is 30.7 Å². The fourth-order valence-electron chi connectivity index (χ4n) is 3.45. The highest BCUT2D eigenvalue weighted by Crippen LogP contribution is 2.22. The summed E-state index contributed by atoms with van der Waals surface area (Å²) < 4.78 is 7.66. The number of carbonyl (C=O) groups is 1. The number of rotatable bonds is 5. The average molecular weight is 437 g/mol. The number of fused-ring (bicyclic) bond motifs is 1. The first-order valence-corrected chi connectivity index (χ1v) is 9.25. The van der Waals surface area contributed by atoms with E-state index in [0.29, 0.717) is 11.3 Å². The van der Waals surface area contributed by atoms with Gasteiger partial charge >= 0.3 is 0 Å². The molecule has 0 atom stereocenters. The number of carbonyl (C=O) groups excluding carboxylic acids is 1. The van der Waals surface area contributed by atoms with Crippen molar-refractivity contribution in [1.29, 1.82) is 0 Å². The van der Waals surface area contributed by atoms with Gasteiger partial charge in [0, 0.05) is 54.7 Å². The van der Waals surface area contributed by atoms with Crippen molar-refractivity contribution in [3.8, 4) is 0 Å². The van der Waals surface area contributed by atoms with Gasteiger partial charge in [-0.15, -0.1) is 24.8 Å². The Balaban J connectivity index is 0.00000150. The molecule has 3 N–H and O–H groups in total. The highest BCUT2D eigenvalue weighted by molar-refractivity contribution is 6.08. The third kappa shape index (κ3) is 5.42. The van der Waals surface area contributed by atoms with E-state index >= 15 is 0 Å². The first-order chi connectivity index (χ1) is 13.2. The second-order valence-corrected chi connectivity index (χ2v) is 6.78. The molecule has 4 rings (SSSR count). The van der Waals surface area contributed by atoms with E-state index in [1.54, 1.807) is 12.1 Å². The number of anilines is 2. The van der Waals surface area contributed by atoms with E-state index in [4.69, 9.17) is 10.5 Å². The molecule has 3 aromatic rings. The van der Waals surface area contributed by atoms with Crippen molar-refractivity contribution in [2.24, 2.45) is 0 Å². The highest BCUT2D eigenvalue weighted by Gasteiger charge is 2.12. The van der Waals surface area contributed by atoms with Gasteiger partial charge in [-0.25, -0.2) is 0 Å². The number of amides is 1. The molecule has 1 amide bonds. The first kappa shape index (κ1) is 23.0. The molecule has 0 saturated carbocycles. The fraction of sp³-hybridized carbons (Fsp3) is 0.286. The normalized spacial score (nSPS) is 14.1. The molecule has 0 bridgehead atoms. The number of hydrogen-bond donors (Lipinski definition) is 2. The SMILES string of the molecule is Cl.Cl.Nc1ccccc1C(=O)Nc1ccc2c(ccn2CCN2CCOCC2)c1. The maximum atomic E-state index is 12.4. The van der Waals surface area contributed by atoms with Gasteiger partial charge in [0.1, 0.15) is 0 Å². The van der Waals surface area contributed by atoms with Crippen LogP contribution in [0.4, 0.5) is 11.4 Å². The number of nitrogens with two attached hydrogens (primary N) is 1. The van der Waals surface area contributed by atoms with Crippen LogP contribution in [0.2, 0.25) is 0 Å². The molecule has 0 radical (unpaired) electrons. The lowest BCUT2D eigenvalue weighted by Gasteiger charge is -2.26. The summed E-state index contributed by atoms with van der Waals surface area (Å²) in [4.78, 5) is 14.9. The van der Waals surface area contributed by atoms with Gasteiger partial charge in [-0.05, 0) is 36.4 Å². The second-order valence-electron chi connectivity index (χ2n) is 6.78. The number of ether oxygens (including phenoxy) is 1. The number of aromatic nitrogens is 1. The van der Waals surface area contributed by atoms with Crippen molar-refractivity contribution in [1.82, 2.24) is 9.47 Å². The average Bonchev–Trinajstić information content (AvgIpc) is 3.10. The Morgan fingerprint density at radius 3 is 2.55 bits per heavy atom. The Morgan fingerprint density at radius 1 is 1.03 bits per heavy atom. The zero-order chi connectivity index (χ0) is 18.6. The summed E-state index contributed by atoms with van der Waals surface area (Å²) in [6.07, 6.45) is 2.10. The van der Waals surface area contributed by atoms with Crippen molar-refractivity contribution < 1.29 is 9.53 Å². The molecule has 156 valence electrons. The van der Waals surface area contributed by atoms with Gasteiger partial charge in [0.25, 0.3) is 5.91 Å². The minimum Gasteiger partial charge on any atom is -0.398 e. The molecule has 1 aromatic heterocycles. The third-order valence-corrected chi connectivity index (χ3v) is 5.00. The van der Waals surface area contributed by atoms with Gasteiger partial charge in [-0.3, -0.25) is 9.69 Å². The van der Waals surface area contributed by atoms with Gasteiger partial charge in [0.05, 0.1) is 18.8 Å². The molecular weight excluding hydrogens is 411 g/mol. The largest absolute Gasteiger partial charge is 0.398 e. The minimum absolute atomic E-state index is 0. The topological polar surface area (TPSA) is 72.5 Å². The summed E-state index contributed by atoms with van der Waals surface area (Å²) in [5.74, 6) is -0.195. The van der Waals surface area contributed by atoms with Crippen LogP contribution in [0.1, 0.15) is 10.4 Å². The molecule has 29 heavy (non-hydrogen) atoms. The standard InChI is InChI=1S/C21H24N4O2.2ClH/c22-19-4-2-1-3-18(19)21(26)23-17-5-6-20-16(15-17)7-8-25(20)10-9-24-11-13-27-14-12-24;;/h1-8,15H,9-14,22H2,(H,23,26);2*1H. The molecule has 0 unspecified atom stereocenters. The smallest absolute Gasteiger partial charge is 0.257 e. The van der Waals surface area contributed by atoms with Crippen LogP contribution in [0.15, 0.2) is 54.7 Å². The Hall–Kier alpha value is -2.25. The predicted octanol–water partition coefficient (Wildman–Crippen LogP) is 3.65. The number of halogens is 2. The number of hydrogen-bond acceptors (Lipinski definition) is 4. The molecule has 2 aromatic carbocycles. The number of nitrogens with zero attached hydrogens (tertiary/aromatic N) is 2. The van der Waals surface area contributed by atoms with E-state index in [1.807, 2.05) is 24.3 Å². The summed E-state index contributed by atoms with van der Waals surface area (Å²) in [5.41, 5.74) is 8.78. The Kier molecular flexibility index (Phi) is 8.34. The van der Waals surface area contributed by atoms with Crippen molar-refractivity contribution in [2.45, 2.75) is 6.54 Å². The lowest BCUT2D eigenvalue weighted by Crippen LogP contribution is -2.38. The van der Waals surface area contributed by atoms with Crippen molar-refractivity contribution in [3.63, 3.8) is 0 Å². The Bertz CT molecular complexity index is 955. The van der Waals surface area contributed by atoms with Gasteiger partial charge in [0.2, 0.25) is 0 Å². The number of para-hydroxylation sites is 1. The zero-order valence-electron chi connectivity index (χ0n) is 16.0. The highest BCUT2D eigenvalue weighted by atomic mass is 35.5. The lowest BCUT2D eigenvalue weighted by atomic mass is 10.1. The fourth-order valence-corrected chi connectivity index (χ4v) is 3.45. The number of benzene rings is 2. The first-order valence-electron chi connectivity index (χ1n) is 9.25. The molecule has 1 saturated heterocycles. The molecule has 6 nitrogen and oxygen atoms in total. The molecule has 0 aliphatic carbocycles. The van der Waals surface area contributed by atoms with Gasteiger partial charge in [-0.1, -0.05) is 12.1 Å². The van der Waals surface area contributed by atoms with Crippen LogP contribution < -0.4 is 11.1 Å². The van der Waals surface area contributed by atoms with Crippen molar-refractivity contribution in [3.05, 3.63) is 60.3 Å². The van der Waals surface area contributed by atoms with Crippen molar-refractivity contribution in [2.75, 3.05) is 43.9 Å². The zero-order valence-corrected chi connectivity index (χ0v) is 17.7. The maximum Gasteiger partial charge on any atom is 0.257 e. The Labute approximate surface area is 182 Å². The van der Waals surface area contributed by atoms with Crippen molar-refractivity contribution >= 4 is 53.0 Å². The molecule has 2 heterocycles. The molecule has 8 heteroatoms. The van der Waals surface area contributed by atoms with Crippen LogP contribution in [0, 0.1) is 0 Å². The Morgan fingerprint density at radius 2 is 1.79 bits per heavy atom. The molecular formula is C21H26Cl2N4O2. The van der Waals surface area contributed by atoms with E-state index in [0.717, 1.165) is 50.5 Å². The number of morpholine rings is 1. The summed E-state index contributed by atoms with van der Waals surface area (Å²) in [6.45, 7) is 5.59. The predicted molar refractivity (Wildman–Crippen MR) is 123 cm³/mol. The van der Waals surface area contributed by atoms with E-state index in [2.05, 4.69) is 33.1 Å². The van der Waals surface area contributed by atoms with Crippen LogP contribution in [-0.4, -0.2) is 48.2 Å². The minimum atomic E-state index is -0.195. The van der Waals surface area contributed by atoms with Gasteiger partial charge in [-0.2, -0.15) is 0 Å². The summed E-state index contributed by atoms with van der Waals surface area (Å²) in [6, 6.07) is 15.2. The van der Waals surface area contributed by atoms with E-state index in [1.165, 1.54) is 5.52 Å². The van der Waals surface area contributed by atoms with Crippen LogP contribution in [0.5, 0.6) is 0 Å². The van der Waals surface area contributed by atoms with Gasteiger partial charge in [0.15, 0.2) is 0 Å². The summed E-state index contributed by atoms with van der Waals surface area (Å²) >= 11 is 0. The lowest BCUT2D eigenvalue weighted by molar-refractivity contribution is 0.0365. The number of nitrogens with one attached hydrogen (secondary N) is 1. The second kappa shape index (κ2) is 10.5. The molecule has 1 aliphatic heterocycles. The summed E-state index contributed by atoms with van der Waals surface area (Å²) in [5, 5.41) is 4.04. The van der Waals surface area contributed by atoms with Gasteiger partial charge < -0.3 is 20.4 Å². The molecule has 0 spiro atoms. The quantitative estimate of drug-likeness (QED) is 0.598.